The van der Waals surface area contributed by atoms with Crippen molar-refractivity contribution in [2.75, 3.05) is 20.2 Å². The predicted octanol–water partition coefficient (Wildman–Crippen LogP) is 4.44. The highest BCUT2D eigenvalue weighted by atomic mass is 19.1. The molecule has 3 aromatic carbocycles. The molecule has 0 aromatic heterocycles. The number of ether oxygens (including phenoxy) is 1. The van der Waals surface area contributed by atoms with E-state index in [4.69, 9.17) is 4.74 Å². The SMILES string of the molecule is COc1cccc(-c2ccc(C3[C@@H]4CN(Cc5cccc(F)c5)C[C@H]3N4)cc2)c1. The van der Waals surface area contributed by atoms with Crippen LogP contribution in [0.1, 0.15) is 17.0 Å². The molecule has 0 spiro atoms. The highest BCUT2D eigenvalue weighted by molar-refractivity contribution is 5.65. The van der Waals surface area contributed by atoms with Crippen LogP contribution < -0.4 is 10.1 Å². The van der Waals surface area contributed by atoms with Crippen molar-refractivity contribution in [3.63, 3.8) is 0 Å². The molecular formula is C25H25FN2O. The van der Waals surface area contributed by atoms with Crippen molar-refractivity contribution in [1.29, 1.82) is 0 Å². The number of piperidine rings is 1. The van der Waals surface area contributed by atoms with Crippen LogP contribution in [0.25, 0.3) is 11.1 Å². The highest BCUT2D eigenvalue weighted by Crippen LogP contribution is 2.38. The molecule has 29 heavy (non-hydrogen) atoms. The van der Waals surface area contributed by atoms with E-state index >= 15 is 0 Å². The maximum Gasteiger partial charge on any atom is 0.123 e. The number of halogens is 1. The van der Waals surface area contributed by atoms with Crippen LogP contribution in [-0.4, -0.2) is 37.2 Å². The van der Waals surface area contributed by atoms with Gasteiger partial charge in [-0.1, -0.05) is 48.5 Å². The van der Waals surface area contributed by atoms with Crippen molar-refractivity contribution >= 4 is 0 Å². The highest BCUT2D eigenvalue weighted by Gasteiger charge is 2.46. The smallest absolute Gasteiger partial charge is 0.123 e. The Labute approximate surface area is 171 Å². The van der Waals surface area contributed by atoms with Crippen LogP contribution in [0, 0.1) is 5.82 Å². The van der Waals surface area contributed by atoms with Crippen LogP contribution in [0.5, 0.6) is 5.75 Å². The van der Waals surface area contributed by atoms with E-state index in [-0.39, 0.29) is 5.82 Å². The average molecular weight is 388 g/mol. The van der Waals surface area contributed by atoms with Gasteiger partial charge in [0.1, 0.15) is 11.6 Å². The third kappa shape index (κ3) is 3.66. The van der Waals surface area contributed by atoms with Gasteiger partial charge < -0.3 is 10.1 Å². The molecule has 1 N–H and O–H groups in total. The number of piperazine rings is 1. The molecule has 0 aliphatic carbocycles. The Kier molecular flexibility index (Phi) is 4.82. The zero-order chi connectivity index (χ0) is 19.8. The zero-order valence-corrected chi connectivity index (χ0v) is 16.5. The molecule has 4 heteroatoms. The Morgan fingerprint density at radius 1 is 0.931 bits per heavy atom. The molecule has 3 aliphatic rings. The summed E-state index contributed by atoms with van der Waals surface area (Å²) in [5, 5.41) is 3.68. The summed E-state index contributed by atoms with van der Waals surface area (Å²) in [6.45, 7) is 2.80. The minimum atomic E-state index is -0.156. The number of nitrogens with one attached hydrogen (secondary N) is 1. The second-order valence-electron chi connectivity index (χ2n) is 8.08. The maximum absolute atomic E-state index is 13.5. The van der Waals surface area contributed by atoms with Crippen LogP contribution in [0.15, 0.2) is 72.8 Å². The molecule has 3 atom stereocenters. The lowest BCUT2D eigenvalue weighted by atomic mass is 9.74. The van der Waals surface area contributed by atoms with E-state index in [1.165, 1.54) is 22.8 Å². The molecule has 3 saturated heterocycles. The van der Waals surface area contributed by atoms with Crippen LogP contribution in [0.2, 0.25) is 0 Å². The monoisotopic (exact) mass is 388 g/mol. The van der Waals surface area contributed by atoms with Gasteiger partial charge in [0.25, 0.3) is 0 Å². The van der Waals surface area contributed by atoms with Crippen molar-refractivity contribution in [3.8, 4) is 16.9 Å². The predicted molar refractivity (Wildman–Crippen MR) is 114 cm³/mol. The molecule has 0 saturated carbocycles. The van der Waals surface area contributed by atoms with Gasteiger partial charge in [0, 0.05) is 37.6 Å². The lowest BCUT2D eigenvalue weighted by molar-refractivity contribution is 0.0470. The van der Waals surface area contributed by atoms with Gasteiger partial charge >= 0.3 is 0 Å². The van der Waals surface area contributed by atoms with Gasteiger partial charge in [-0.3, -0.25) is 4.90 Å². The molecule has 3 nitrogen and oxygen atoms in total. The Hall–Kier alpha value is -2.69. The summed E-state index contributed by atoms with van der Waals surface area (Å²) < 4.78 is 18.8. The standard InChI is InChI=1S/C25H25FN2O/c1-29-22-7-3-5-20(13-22)18-8-10-19(11-9-18)25-23-15-28(16-24(25)27-23)14-17-4-2-6-21(26)12-17/h2-13,23-25,27H,14-16H2,1H3/t23-,24+,25?. The maximum atomic E-state index is 13.5. The zero-order valence-electron chi connectivity index (χ0n) is 16.5. The first-order valence-electron chi connectivity index (χ1n) is 10.2. The van der Waals surface area contributed by atoms with E-state index in [1.807, 2.05) is 18.2 Å². The normalized spacial score (nSPS) is 23.4. The minimum absolute atomic E-state index is 0.156. The van der Waals surface area contributed by atoms with Gasteiger partial charge in [0.05, 0.1) is 7.11 Å². The molecule has 2 bridgehead atoms. The number of hydrogen-bond donors (Lipinski definition) is 1. The molecule has 0 radical (unpaired) electrons. The first-order chi connectivity index (χ1) is 14.2. The summed E-state index contributed by atoms with van der Waals surface area (Å²) in [5.41, 5.74) is 4.82. The van der Waals surface area contributed by atoms with E-state index in [0.29, 0.717) is 18.0 Å². The Bertz CT molecular complexity index is 992. The van der Waals surface area contributed by atoms with Gasteiger partial charge in [-0.25, -0.2) is 4.39 Å². The van der Waals surface area contributed by atoms with Crippen LogP contribution in [-0.2, 0) is 6.54 Å². The molecule has 1 unspecified atom stereocenters. The van der Waals surface area contributed by atoms with E-state index in [1.54, 1.807) is 19.2 Å². The summed E-state index contributed by atoms with van der Waals surface area (Å²) in [6, 6.07) is 25.0. The minimum Gasteiger partial charge on any atom is -0.497 e. The molecule has 3 fully saturated rings. The fourth-order valence-electron chi connectivity index (χ4n) is 4.80. The van der Waals surface area contributed by atoms with Crippen LogP contribution >= 0.6 is 0 Å². The van der Waals surface area contributed by atoms with Gasteiger partial charge in [-0.05, 0) is 46.5 Å². The number of fused-ring (bicyclic) bond motifs is 2. The lowest BCUT2D eigenvalue weighted by Crippen LogP contribution is -2.71. The van der Waals surface area contributed by atoms with E-state index < -0.39 is 0 Å². The number of methoxy groups -OCH3 is 1. The molecule has 3 heterocycles. The fourth-order valence-corrected chi connectivity index (χ4v) is 4.80. The quantitative estimate of drug-likeness (QED) is 0.699. The summed E-state index contributed by atoms with van der Waals surface area (Å²) in [5.74, 6) is 1.28. The van der Waals surface area contributed by atoms with Crippen molar-refractivity contribution in [2.45, 2.75) is 24.5 Å². The van der Waals surface area contributed by atoms with Crippen LogP contribution in [0.4, 0.5) is 4.39 Å². The molecule has 3 aliphatic heterocycles. The third-order valence-corrected chi connectivity index (χ3v) is 6.20. The first kappa shape index (κ1) is 18.3. The fraction of sp³-hybridized carbons (Fsp3) is 0.280. The van der Waals surface area contributed by atoms with Gasteiger partial charge in [-0.15, -0.1) is 0 Å². The summed E-state index contributed by atoms with van der Waals surface area (Å²) in [4.78, 5) is 2.43. The lowest BCUT2D eigenvalue weighted by Gasteiger charge is -2.55. The molecule has 0 amide bonds. The largest absolute Gasteiger partial charge is 0.497 e. The number of benzene rings is 3. The summed E-state index contributed by atoms with van der Waals surface area (Å²) in [7, 11) is 1.70. The van der Waals surface area contributed by atoms with Gasteiger partial charge in [-0.2, -0.15) is 0 Å². The summed E-state index contributed by atoms with van der Waals surface area (Å²) >= 11 is 0. The molecule has 6 rings (SSSR count). The molecule has 148 valence electrons. The molecule has 3 aromatic rings. The number of hydrogen-bond acceptors (Lipinski definition) is 3. The van der Waals surface area contributed by atoms with E-state index in [2.05, 4.69) is 46.6 Å². The number of nitrogens with zero attached hydrogens (tertiary/aromatic N) is 1. The van der Waals surface area contributed by atoms with Gasteiger partial charge in [0.15, 0.2) is 0 Å². The topological polar surface area (TPSA) is 24.5 Å². The van der Waals surface area contributed by atoms with Crippen LogP contribution in [0.3, 0.4) is 0 Å². The Morgan fingerprint density at radius 3 is 2.41 bits per heavy atom. The third-order valence-electron chi connectivity index (χ3n) is 6.20. The Balaban J connectivity index is 1.26. The first-order valence-corrected chi connectivity index (χ1v) is 10.2. The van der Waals surface area contributed by atoms with E-state index in [0.717, 1.165) is 30.9 Å². The van der Waals surface area contributed by atoms with Crippen molar-refractivity contribution in [2.24, 2.45) is 0 Å². The molecular weight excluding hydrogens is 363 g/mol. The van der Waals surface area contributed by atoms with E-state index in [9.17, 15) is 4.39 Å². The number of rotatable bonds is 5. The summed E-state index contributed by atoms with van der Waals surface area (Å²) in [6.07, 6.45) is 0. The van der Waals surface area contributed by atoms with Crippen molar-refractivity contribution in [3.05, 3.63) is 89.7 Å². The second-order valence-corrected chi connectivity index (χ2v) is 8.08. The second kappa shape index (κ2) is 7.62. The average Bonchev–Trinajstić information content (AvgIpc) is 2.74. The van der Waals surface area contributed by atoms with Crippen molar-refractivity contribution in [1.82, 2.24) is 10.2 Å². The Morgan fingerprint density at radius 2 is 1.69 bits per heavy atom. The van der Waals surface area contributed by atoms with Gasteiger partial charge in [0.2, 0.25) is 0 Å². The van der Waals surface area contributed by atoms with Crippen molar-refractivity contribution < 1.29 is 9.13 Å².